The van der Waals surface area contributed by atoms with E-state index in [9.17, 15) is 13.2 Å². The van der Waals surface area contributed by atoms with Crippen LogP contribution in [0.3, 0.4) is 0 Å². The summed E-state index contributed by atoms with van der Waals surface area (Å²) >= 11 is 0. The Morgan fingerprint density at radius 1 is 1.03 bits per heavy atom. The number of sulfonamides is 1. The van der Waals surface area contributed by atoms with Gasteiger partial charge in [0.2, 0.25) is 0 Å². The van der Waals surface area contributed by atoms with Crippen LogP contribution < -0.4 is 9.62 Å². The monoisotopic (exact) mass is 418 g/mol. The van der Waals surface area contributed by atoms with Crippen molar-refractivity contribution < 1.29 is 13.2 Å². The maximum Gasteiger partial charge on any atom is 0.265 e. The summed E-state index contributed by atoms with van der Waals surface area (Å²) in [6.07, 6.45) is 1.55. The molecule has 0 aliphatic carbocycles. The standard InChI is InChI=1S/C24H22N2O3S/c1-3-15-26-22-14-13-19(24(27)25-17(2)18-9-5-4-6-10-18)16-21(22)20-11-7-8-12-23(20)30(26,28)29/h3-14,16-17H,1,15H2,2H3,(H,25,27)/t17-/m1/s1. The van der Waals surface area contributed by atoms with Crippen molar-refractivity contribution in [2.45, 2.75) is 17.9 Å². The normalized spacial score (nSPS) is 14.9. The molecule has 1 amide bonds. The molecule has 0 aromatic heterocycles. The summed E-state index contributed by atoms with van der Waals surface area (Å²) in [5, 5.41) is 3.01. The maximum absolute atomic E-state index is 13.1. The Bertz CT molecular complexity index is 1220. The first-order valence-electron chi connectivity index (χ1n) is 9.66. The Kier molecular flexibility index (Phi) is 5.18. The van der Waals surface area contributed by atoms with Gasteiger partial charge in [0.1, 0.15) is 0 Å². The molecule has 5 nitrogen and oxygen atoms in total. The molecule has 3 aromatic carbocycles. The summed E-state index contributed by atoms with van der Waals surface area (Å²) < 4.78 is 27.5. The van der Waals surface area contributed by atoms with Gasteiger partial charge in [-0.25, -0.2) is 8.42 Å². The number of nitrogens with zero attached hydrogens (tertiary/aromatic N) is 1. The smallest absolute Gasteiger partial charge is 0.265 e. The third-order valence-corrected chi connectivity index (χ3v) is 7.05. The third kappa shape index (κ3) is 3.39. The number of anilines is 1. The molecule has 0 saturated heterocycles. The van der Waals surface area contributed by atoms with E-state index in [2.05, 4.69) is 11.9 Å². The van der Waals surface area contributed by atoms with Crippen LogP contribution in [0.5, 0.6) is 0 Å². The number of benzene rings is 3. The summed E-state index contributed by atoms with van der Waals surface area (Å²) in [6, 6.07) is 21.5. The maximum atomic E-state index is 13.1. The molecule has 6 heteroatoms. The number of fused-ring (bicyclic) bond motifs is 3. The van der Waals surface area contributed by atoms with Gasteiger partial charge in [0.15, 0.2) is 0 Å². The minimum absolute atomic E-state index is 0.153. The molecule has 0 unspecified atom stereocenters. The summed E-state index contributed by atoms with van der Waals surface area (Å²) in [6.45, 7) is 5.77. The third-order valence-electron chi connectivity index (χ3n) is 5.21. The van der Waals surface area contributed by atoms with Gasteiger partial charge in [-0.15, -0.1) is 6.58 Å². The van der Waals surface area contributed by atoms with Gasteiger partial charge in [0.25, 0.3) is 15.9 Å². The zero-order chi connectivity index (χ0) is 21.3. The molecule has 1 aliphatic rings. The molecule has 1 aliphatic heterocycles. The lowest BCUT2D eigenvalue weighted by molar-refractivity contribution is 0.0940. The van der Waals surface area contributed by atoms with Crippen LogP contribution in [0.15, 0.2) is 90.3 Å². The quantitative estimate of drug-likeness (QED) is 0.619. The molecule has 1 heterocycles. The average molecular weight is 419 g/mol. The lowest BCUT2D eigenvalue weighted by Gasteiger charge is -2.31. The molecule has 0 fully saturated rings. The van der Waals surface area contributed by atoms with E-state index in [0.29, 0.717) is 22.4 Å². The Hall–Kier alpha value is -3.38. The van der Waals surface area contributed by atoms with Crippen molar-refractivity contribution in [3.05, 3.63) is 96.6 Å². The van der Waals surface area contributed by atoms with Crippen LogP contribution in [-0.4, -0.2) is 20.9 Å². The van der Waals surface area contributed by atoms with Crippen LogP contribution in [0.4, 0.5) is 5.69 Å². The van der Waals surface area contributed by atoms with Crippen LogP contribution in [0.1, 0.15) is 28.9 Å². The van der Waals surface area contributed by atoms with Gasteiger partial charge in [0, 0.05) is 16.7 Å². The zero-order valence-electron chi connectivity index (χ0n) is 16.6. The fourth-order valence-electron chi connectivity index (χ4n) is 3.69. The van der Waals surface area contributed by atoms with Gasteiger partial charge in [0.05, 0.1) is 23.2 Å². The highest BCUT2D eigenvalue weighted by Gasteiger charge is 2.34. The Labute approximate surface area is 176 Å². The number of hydrogen-bond donors (Lipinski definition) is 1. The number of nitrogens with one attached hydrogen (secondary N) is 1. The molecular formula is C24H22N2O3S. The summed E-state index contributed by atoms with van der Waals surface area (Å²) in [7, 11) is -3.68. The van der Waals surface area contributed by atoms with Gasteiger partial charge in [-0.1, -0.05) is 54.6 Å². The van der Waals surface area contributed by atoms with Crippen molar-refractivity contribution in [1.29, 1.82) is 0 Å². The number of carbonyl (C=O) groups excluding carboxylic acids is 1. The van der Waals surface area contributed by atoms with Crippen molar-refractivity contribution in [2.24, 2.45) is 0 Å². The van der Waals surface area contributed by atoms with Crippen molar-refractivity contribution in [1.82, 2.24) is 5.32 Å². The van der Waals surface area contributed by atoms with Gasteiger partial charge < -0.3 is 5.32 Å². The second kappa shape index (κ2) is 7.80. The summed E-state index contributed by atoms with van der Waals surface area (Å²) in [4.78, 5) is 13.1. The highest BCUT2D eigenvalue weighted by atomic mass is 32.2. The predicted molar refractivity (Wildman–Crippen MR) is 119 cm³/mol. The molecule has 0 radical (unpaired) electrons. The molecule has 0 spiro atoms. The Balaban J connectivity index is 1.74. The van der Waals surface area contributed by atoms with E-state index >= 15 is 0 Å². The van der Waals surface area contributed by atoms with Crippen LogP contribution in [0.25, 0.3) is 11.1 Å². The highest BCUT2D eigenvalue weighted by Crippen LogP contribution is 2.43. The second-order valence-electron chi connectivity index (χ2n) is 7.16. The molecule has 1 N–H and O–H groups in total. The molecular weight excluding hydrogens is 396 g/mol. The van der Waals surface area contributed by atoms with E-state index < -0.39 is 10.0 Å². The van der Waals surface area contributed by atoms with Crippen molar-refractivity contribution in [2.75, 3.05) is 10.8 Å². The summed E-state index contributed by atoms with van der Waals surface area (Å²) in [5.41, 5.74) is 3.34. The highest BCUT2D eigenvalue weighted by molar-refractivity contribution is 7.93. The van der Waals surface area contributed by atoms with Crippen molar-refractivity contribution >= 4 is 21.6 Å². The van der Waals surface area contributed by atoms with E-state index in [4.69, 9.17) is 0 Å². The van der Waals surface area contributed by atoms with E-state index in [1.807, 2.05) is 37.3 Å². The van der Waals surface area contributed by atoms with E-state index in [-0.39, 0.29) is 23.4 Å². The van der Waals surface area contributed by atoms with Gasteiger partial charge in [-0.3, -0.25) is 9.10 Å². The molecule has 3 aromatic rings. The second-order valence-corrected chi connectivity index (χ2v) is 8.99. The van der Waals surface area contributed by atoms with Crippen molar-refractivity contribution in [3.8, 4) is 11.1 Å². The minimum atomic E-state index is -3.68. The van der Waals surface area contributed by atoms with Gasteiger partial charge >= 0.3 is 0 Å². The Morgan fingerprint density at radius 3 is 2.47 bits per heavy atom. The number of hydrogen-bond acceptors (Lipinski definition) is 3. The largest absolute Gasteiger partial charge is 0.346 e. The van der Waals surface area contributed by atoms with E-state index in [1.165, 1.54) is 4.31 Å². The topological polar surface area (TPSA) is 66.5 Å². The van der Waals surface area contributed by atoms with Gasteiger partial charge in [-0.05, 0) is 36.8 Å². The fourth-order valence-corrected chi connectivity index (χ4v) is 5.36. The first-order chi connectivity index (χ1) is 14.4. The number of rotatable bonds is 5. The Morgan fingerprint density at radius 2 is 1.73 bits per heavy atom. The fraction of sp³-hybridized carbons (Fsp3) is 0.125. The lowest BCUT2D eigenvalue weighted by Crippen LogP contribution is -2.34. The first-order valence-corrected chi connectivity index (χ1v) is 11.1. The molecule has 152 valence electrons. The molecule has 0 bridgehead atoms. The minimum Gasteiger partial charge on any atom is -0.346 e. The molecule has 30 heavy (non-hydrogen) atoms. The molecule has 4 rings (SSSR count). The van der Waals surface area contributed by atoms with Crippen molar-refractivity contribution in [3.63, 3.8) is 0 Å². The van der Waals surface area contributed by atoms with Crippen LogP contribution in [-0.2, 0) is 10.0 Å². The SMILES string of the molecule is C=CCN1c2ccc(C(=O)N[C@H](C)c3ccccc3)cc2-c2ccccc2S1(=O)=O. The van der Waals surface area contributed by atoms with Crippen LogP contribution in [0.2, 0.25) is 0 Å². The van der Waals surface area contributed by atoms with Crippen LogP contribution >= 0.6 is 0 Å². The average Bonchev–Trinajstić information content (AvgIpc) is 2.77. The first kappa shape index (κ1) is 19.9. The summed E-state index contributed by atoms with van der Waals surface area (Å²) in [5.74, 6) is -0.213. The predicted octanol–water partition coefficient (Wildman–Crippen LogP) is 4.54. The molecule has 0 saturated carbocycles. The van der Waals surface area contributed by atoms with Gasteiger partial charge in [-0.2, -0.15) is 0 Å². The number of carbonyl (C=O) groups is 1. The zero-order valence-corrected chi connectivity index (χ0v) is 17.4. The van der Waals surface area contributed by atoms with E-state index in [1.54, 1.807) is 48.5 Å². The lowest BCUT2D eigenvalue weighted by atomic mass is 9.99. The van der Waals surface area contributed by atoms with Crippen LogP contribution in [0, 0.1) is 0 Å². The van der Waals surface area contributed by atoms with E-state index in [0.717, 1.165) is 5.56 Å². The number of amides is 1. The molecule has 1 atom stereocenters.